The molecule has 0 radical (unpaired) electrons. The number of rotatable bonds is 4. The second-order valence-electron chi connectivity index (χ2n) is 4.41. The summed E-state index contributed by atoms with van der Waals surface area (Å²) in [5.74, 6) is 0.854. The Balaban J connectivity index is 2.06. The van der Waals surface area contributed by atoms with Crippen molar-refractivity contribution in [3.05, 3.63) is 29.8 Å². The standard InChI is InChI=1S/C13H18N2O/c1-2-15(9-10-3-4-10)13(16)11-5-7-12(14)8-6-11/h5-8,10H,2-4,9,14H2,1H3. The molecule has 1 fully saturated rings. The van der Waals surface area contributed by atoms with Gasteiger partial charge >= 0.3 is 0 Å². The van der Waals surface area contributed by atoms with Crippen LogP contribution in [0.1, 0.15) is 30.1 Å². The smallest absolute Gasteiger partial charge is 0.253 e. The Morgan fingerprint density at radius 1 is 1.38 bits per heavy atom. The molecule has 0 heterocycles. The highest BCUT2D eigenvalue weighted by Gasteiger charge is 2.26. The van der Waals surface area contributed by atoms with E-state index < -0.39 is 0 Å². The van der Waals surface area contributed by atoms with E-state index in [-0.39, 0.29) is 5.91 Å². The molecule has 1 amide bonds. The van der Waals surface area contributed by atoms with Crippen LogP contribution in [0.2, 0.25) is 0 Å². The number of nitrogens with two attached hydrogens (primary N) is 1. The molecule has 1 aliphatic rings. The Morgan fingerprint density at radius 2 is 2.00 bits per heavy atom. The van der Waals surface area contributed by atoms with Crippen LogP contribution in [0.25, 0.3) is 0 Å². The minimum Gasteiger partial charge on any atom is -0.399 e. The minimum atomic E-state index is 0.120. The second kappa shape index (κ2) is 4.56. The highest BCUT2D eigenvalue weighted by molar-refractivity contribution is 5.94. The molecule has 3 nitrogen and oxygen atoms in total. The summed E-state index contributed by atoms with van der Waals surface area (Å²) in [4.78, 5) is 14.1. The summed E-state index contributed by atoms with van der Waals surface area (Å²) in [7, 11) is 0. The SMILES string of the molecule is CCN(CC1CC1)C(=O)c1ccc(N)cc1. The molecule has 1 saturated carbocycles. The van der Waals surface area contributed by atoms with Gasteiger partial charge in [-0.2, -0.15) is 0 Å². The minimum absolute atomic E-state index is 0.120. The normalized spacial score (nSPS) is 14.8. The first-order chi connectivity index (χ1) is 7.70. The third-order valence-corrected chi connectivity index (χ3v) is 3.00. The average Bonchev–Trinajstić information content (AvgIpc) is 3.10. The zero-order chi connectivity index (χ0) is 11.5. The van der Waals surface area contributed by atoms with Crippen molar-refractivity contribution in [1.29, 1.82) is 0 Å². The van der Waals surface area contributed by atoms with Crippen molar-refractivity contribution in [2.24, 2.45) is 5.92 Å². The fourth-order valence-corrected chi connectivity index (χ4v) is 1.78. The van der Waals surface area contributed by atoms with Gasteiger partial charge in [-0.15, -0.1) is 0 Å². The molecule has 16 heavy (non-hydrogen) atoms. The first kappa shape index (κ1) is 11.0. The summed E-state index contributed by atoms with van der Waals surface area (Å²) in [5.41, 5.74) is 7.03. The third-order valence-electron chi connectivity index (χ3n) is 3.00. The lowest BCUT2D eigenvalue weighted by molar-refractivity contribution is 0.0757. The summed E-state index contributed by atoms with van der Waals surface area (Å²) < 4.78 is 0. The molecule has 1 aliphatic carbocycles. The molecule has 0 aromatic heterocycles. The van der Waals surface area contributed by atoms with E-state index in [0.29, 0.717) is 5.69 Å². The van der Waals surface area contributed by atoms with Gasteiger partial charge in [-0.3, -0.25) is 4.79 Å². The van der Waals surface area contributed by atoms with Gasteiger partial charge in [-0.1, -0.05) is 0 Å². The molecule has 0 spiro atoms. The van der Waals surface area contributed by atoms with E-state index in [9.17, 15) is 4.79 Å². The molecule has 0 aliphatic heterocycles. The molecule has 3 heteroatoms. The van der Waals surface area contributed by atoms with Crippen molar-refractivity contribution in [2.45, 2.75) is 19.8 Å². The number of benzene rings is 1. The number of carbonyl (C=O) groups excluding carboxylic acids is 1. The van der Waals surface area contributed by atoms with Crippen LogP contribution < -0.4 is 5.73 Å². The maximum absolute atomic E-state index is 12.1. The van der Waals surface area contributed by atoms with E-state index in [1.54, 1.807) is 24.3 Å². The van der Waals surface area contributed by atoms with Crippen LogP contribution in [0.3, 0.4) is 0 Å². The van der Waals surface area contributed by atoms with E-state index in [2.05, 4.69) is 0 Å². The van der Waals surface area contributed by atoms with Crippen LogP contribution in [0.5, 0.6) is 0 Å². The first-order valence-corrected chi connectivity index (χ1v) is 5.85. The maximum Gasteiger partial charge on any atom is 0.253 e. The van der Waals surface area contributed by atoms with Crippen LogP contribution >= 0.6 is 0 Å². The topological polar surface area (TPSA) is 46.3 Å². The van der Waals surface area contributed by atoms with Gasteiger partial charge in [0.25, 0.3) is 5.91 Å². The van der Waals surface area contributed by atoms with Crippen LogP contribution in [0, 0.1) is 5.92 Å². The predicted molar refractivity (Wildman–Crippen MR) is 65.2 cm³/mol. The molecule has 0 saturated heterocycles. The Bertz CT molecular complexity index is 368. The number of carbonyl (C=O) groups is 1. The van der Waals surface area contributed by atoms with Crippen molar-refractivity contribution >= 4 is 11.6 Å². The van der Waals surface area contributed by atoms with Crippen LogP contribution in [-0.4, -0.2) is 23.9 Å². The van der Waals surface area contributed by atoms with Crippen molar-refractivity contribution in [3.8, 4) is 0 Å². The lowest BCUT2D eigenvalue weighted by atomic mass is 10.1. The molecule has 86 valence electrons. The number of hydrogen-bond acceptors (Lipinski definition) is 2. The molecule has 2 N–H and O–H groups in total. The van der Waals surface area contributed by atoms with Gasteiger partial charge < -0.3 is 10.6 Å². The monoisotopic (exact) mass is 218 g/mol. The molecule has 0 unspecified atom stereocenters. The summed E-state index contributed by atoms with van der Waals surface area (Å²) in [6, 6.07) is 7.15. The van der Waals surface area contributed by atoms with Crippen molar-refractivity contribution in [1.82, 2.24) is 4.90 Å². The van der Waals surface area contributed by atoms with Crippen LogP contribution in [0.4, 0.5) is 5.69 Å². The van der Waals surface area contributed by atoms with Gasteiger partial charge in [-0.25, -0.2) is 0 Å². The zero-order valence-electron chi connectivity index (χ0n) is 9.65. The fourth-order valence-electron chi connectivity index (χ4n) is 1.78. The molecular weight excluding hydrogens is 200 g/mol. The fraction of sp³-hybridized carbons (Fsp3) is 0.462. The summed E-state index contributed by atoms with van der Waals surface area (Å²) in [5, 5.41) is 0. The van der Waals surface area contributed by atoms with E-state index in [4.69, 9.17) is 5.73 Å². The third kappa shape index (κ3) is 2.54. The quantitative estimate of drug-likeness (QED) is 0.787. The summed E-state index contributed by atoms with van der Waals surface area (Å²) in [6.07, 6.45) is 2.54. The predicted octanol–water partition coefficient (Wildman–Crippen LogP) is 2.14. The molecular formula is C13H18N2O. The van der Waals surface area contributed by atoms with Crippen molar-refractivity contribution < 1.29 is 4.79 Å². The van der Waals surface area contributed by atoms with Crippen LogP contribution in [0.15, 0.2) is 24.3 Å². The zero-order valence-corrected chi connectivity index (χ0v) is 9.65. The Kier molecular flexibility index (Phi) is 3.13. The Hall–Kier alpha value is -1.51. The van der Waals surface area contributed by atoms with Gasteiger partial charge in [0.2, 0.25) is 0 Å². The molecule has 1 aromatic rings. The maximum atomic E-state index is 12.1. The molecule has 0 bridgehead atoms. The number of anilines is 1. The van der Waals surface area contributed by atoms with E-state index in [1.165, 1.54) is 12.8 Å². The van der Waals surface area contributed by atoms with Gasteiger partial charge in [0.05, 0.1) is 0 Å². The van der Waals surface area contributed by atoms with E-state index in [1.807, 2.05) is 11.8 Å². The highest BCUT2D eigenvalue weighted by atomic mass is 16.2. The van der Waals surface area contributed by atoms with Crippen molar-refractivity contribution in [2.75, 3.05) is 18.8 Å². The number of nitrogen functional groups attached to an aromatic ring is 1. The van der Waals surface area contributed by atoms with Crippen LogP contribution in [-0.2, 0) is 0 Å². The number of amides is 1. The lowest BCUT2D eigenvalue weighted by Crippen LogP contribution is -2.32. The van der Waals surface area contributed by atoms with Gasteiger partial charge in [0.15, 0.2) is 0 Å². The largest absolute Gasteiger partial charge is 0.399 e. The Morgan fingerprint density at radius 3 is 2.50 bits per heavy atom. The first-order valence-electron chi connectivity index (χ1n) is 5.85. The number of hydrogen-bond donors (Lipinski definition) is 1. The highest BCUT2D eigenvalue weighted by Crippen LogP contribution is 2.30. The average molecular weight is 218 g/mol. The van der Waals surface area contributed by atoms with Gasteiger partial charge in [0, 0.05) is 24.3 Å². The lowest BCUT2D eigenvalue weighted by Gasteiger charge is -2.20. The van der Waals surface area contributed by atoms with E-state index in [0.717, 1.165) is 24.6 Å². The van der Waals surface area contributed by atoms with E-state index >= 15 is 0 Å². The number of nitrogens with zero attached hydrogens (tertiary/aromatic N) is 1. The molecule has 1 aromatic carbocycles. The summed E-state index contributed by atoms with van der Waals surface area (Å²) in [6.45, 7) is 3.71. The molecule has 0 atom stereocenters. The Labute approximate surface area is 96.2 Å². The molecule has 2 rings (SSSR count). The summed E-state index contributed by atoms with van der Waals surface area (Å²) >= 11 is 0. The second-order valence-corrected chi connectivity index (χ2v) is 4.41. The van der Waals surface area contributed by atoms with Gasteiger partial charge in [-0.05, 0) is 49.9 Å². The van der Waals surface area contributed by atoms with Crippen molar-refractivity contribution in [3.63, 3.8) is 0 Å². The van der Waals surface area contributed by atoms with Gasteiger partial charge in [0.1, 0.15) is 0 Å².